The van der Waals surface area contributed by atoms with Crippen molar-refractivity contribution in [3.05, 3.63) is 0 Å². The lowest BCUT2D eigenvalue weighted by molar-refractivity contribution is -0.123. The van der Waals surface area contributed by atoms with Crippen molar-refractivity contribution in [2.45, 2.75) is 95.6 Å². The van der Waals surface area contributed by atoms with Gasteiger partial charge < -0.3 is 96.3 Å². The van der Waals surface area contributed by atoms with Crippen LogP contribution >= 0.6 is 0 Å². The Kier molecular flexibility index (Phi) is 53.4. The first-order valence-corrected chi connectivity index (χ1v) is 25.7. The molecule has 0 bridgehead atoms. The van der Waals surface area contributed by atoms with E-state index in [1.54, 1.807) is 0 Å². The molecule has 0 fully saturated rings. The van der Waals surface area contributed by atoms with Gasteiger partial charge in [-0.15, -0.1) is 0 Å². The standard InChI is InChI=1S/C47H96N8O15/c48-14-4-1-2-10-42(50)46(58)54-18-8-22-62-28-34-66-32-26-60-20-6-16-52-44(56)12-24-64-30-36-68-38-40-70-41-39-69-37-31-65-25-13-45(57)53-17-7-21-61-27-33-67-35-29-63-23-9-19-55-47(59)43(51)11-3-5-15-49/h42-43H,1-41,48-51H2,(H,52,56)(H,53,57)(H,54,58)(H,55,59). The van der Waals surface area contributed by atoms with Crippen LogP contribution in [0.4, 0.5) is 0 Å². The van der Waals surface area contributed by atoms with Gasteiger partial charge in [0, 0.05) is 65.4 Å². The van der Waals surface area contributed by atoms with Crippen LogP contribution in [-0.4, -0.2) is 220 Å². The van der Waals surface area contributed by atoms with E-state index in [0.717, 1.165) is 32.1 Å². The maximum Gasteiger partial charge on any atom is 0.236 e. The maximum atomic E-state index is 12.0. The van der Waals surface area contributed by atoms with E-state index in [2.05, 4.69) is 21.3 Å². The predicted octanol–water partition coefficient (Wildman–Crippen LogP) is -0.723. The summed E-state index contributed by atoms with van der Waals surface area (Å²) >= 11 is 0. The third-order valence-electron chi connectivity index (χ3n) is 9.89. The fourth-order valence-corrected chi connectivity index (χ4v) is 5.87. The normalized spacial score (nSPS) is 12.2. The average Bonchev–Trinajstić information content (AvgIpc) is 3.35. The highest BCUT2D eigenvalue weighted by Gasteiger charge is 2.13. The molecule has 2 atom stereocenters. The van der Waals surface area contributed by atoms with Gasteiger partial charge in [-0.3, -0.25) is 19.2 Å². The van der Waals surface area contributed by atoms with Gasteiger partial charge in [0.25, 0.3) is 0 Å². The predicted molar refractivity (Wildman–Crippen MR) is 265 cm³/mol. The van der Waals surface area contributed by atoms with E-state index < -0.39 is 12.1 Å². The first-order chi connectivity index (χ1) is 34.3. The molecule has 0 aromatic heterocycles. The molecule has 0 heterocycles. The third-order valence-corrected chi connectivity index (χ3v) is 9.89. The Morgan fingerprint density at radius 1 is 0.300 bits per heavy atom. The summed E-state index contributed by atoms with van der Waals surface area (Å²) in [4.78, 5) is 47.9. The maximum absolute atomic E-state index is 12.0. The van der Waals surface area contributed by atoms with Crippen LogP contribution in [0.25, 0.3) is 0 Å². The van der Waals surface area contributed by atoms with Gasteiger partial charge in [-0.05, 0) is 64.5 Å². The molecule has 12 N–H and O–H groups in total. The molecule has 414 valence electrons. The molecule has 0 aliphatic rings. The van der Waals surface area contributed by atoms with Gasteiger partial charge in [0.05, 0.1) is 131 Å². The van der Waals surface area contributed by atoms with Gasteiger partial charge in [-0.25, -0.2) is 0 Å². The van der Waals surface area contributed by atoms with Crippen molar-refractivity contribution in [3.63, 3.8) is 0 Å². The SMILES string of the molecule is NCCCCCC(N)C(=O)NCCCOCCOCCOCCCNC(=O)CCOCCOCCOCCOCCOCCC(=O)NCCCOCCOCCOCCCNC(=O)C(N)CCCCN. The minimum atomic E-state index is -0.491. The largest absolute Gasteiger partial charge is 0.379 e. The summed E-state index contributed by atoms with van der Waals surface area (Å²) < 4.78 is 60.5. The van der Waals surface area contributed by atoms with Crippen molar-refractivity contribution < 1.29 is 71.3 Å². The summed E-state index contributed by atoms with van der Waals surface area (Å²) in [5, 5.41) is 11.4. The fraction of sp³-hybridized carbons (Fsp3) is 0.915. The van der Waals surface area contributed by atoms with E-state index in [0.29, 0.717) is 223 Å². The number of hydrogen-bond acceptors (Lipinski definition) is 19. The highest BCUT2D eigenvalue weighted by atomic mass is 16.6. The molecule has 0 aliphatic heterocycles. The Morgan fingerprint density at radius 2 is 0.543 bits per heavy atom. The molecule has 23 nitrogen and oxygen atoms in total. The van der Waals surface area contributed by atoms with Gasteiger partial charge in [-0.1, -0.05) is 19.3 Å². The van der Waals surface area contributed by atoms with Gasteiger partial charge in [0.15, 0.2) is 0 Å². The Balaban J connectivity index is 3.28. The van der Waals surface area contributed by atoms with E-state index in [9.17, 15) is 19.2 Å². The van der Waals surface area contributed by atoms with Crippen molar-refractivity contribution in [1.82, 2.24) is 21.3 Å². The smallest absolute Gasteiger partial charge is 0.236 e. The lowest BCUT2D eigenvalue weighted by Gasteiger charge is -2.12. The van der Waals surface area contributed by atoms with Crippen LogP contribution < -0.4 is 44.2 Å². The Labute approximate surface area is 418 Å². The lowest BCUT2D eigenvalue weighted by Crippen LogP contribution is -2.41. The van der Waals surface area contributed by atoms with Crippen LogP contribution in [0.3, 0.4) is 0 Å². The number of carbonyl (C=O) groups excluding carboxylic acids is 4. The first-order valence-electron chi connectivity index (χ1n) is 25.7. The summed E-state index contributed by atoms with van der Waals surface area (Å²) in [6, 6.07) is -0.967. The summed E-state index contributed by atoms with van der Waals surface area (Å²) in [6.45, 7) is 13.1. The number of unbranched alkanes of at least 4 members (excludes halogenated alkanes) is 3. The van der Waals surface area contributed by atoms with Crippen LogP contribution in [0.15, 0.2) is 0 Å². The molecule has 0 aliphatic carbocycles. The number of rotatable bonds is 57. The summed E-state index contributed by atoms with van der Waals surface area (Å²) in [5.74, 6) is -0.416. The highest BCUT2D eigenvalue weighted by Crippen LogP contribution is 2.02. The second-order valence-corrected chi connectivity index (χ2v) is 16.1. The summed E-state index contributed by atoms with van der Waals surface area (Å²) in [5.41, 5.74) is 22.7. The van der Waals surface area contributed by atoms with Gasteiger partial charge in [0.1, 0.15) is 0 Å². The molecule has 0 saturated heterocycles. The molecule has 4 amide bonds. The van der Waals surface area contributed by atoms with Crippen LogP contribution in [0.5, 0.6) is 0 Å². The van der Waals surface area contributed by atoms with Gasteiger partial charge in [0.2, 0.25) is 23.6 Å². The molecule has 0 rings (SSSR count). The molecule has 0 saturated carbocycles. The molecule has 2 unspecified atom stereocenters. The Hall–Kier alpha value is -2.72. The Bertz CT molecular complexity index is 1170. The molecule has 0 radical (unpaired) electrons. The van der Waals surface area contributed by atoms with Crippen molar-refractivity contribution in [3.8, 4) is 0 Å². The molecular weight excluding hydrogens is 917 g/mol. The molecule has 70 heavy (non-hydrogen) atoms. The van der Waals surface area contributed by atoms with Crippen LogP contribution in [0, 0.1) is 0 Å². The van der Waals surface area contributed by atoms with Crippen molar-refractivity contribution >= 4 is 23.6 Å². The average molecular weight is 1010 g/mol. The number of hydrogen-bond donors (Lipinski definition) is 8. The Morgan fingerprint density at radius 3 is 0.843 bits per heavy atom. The van der Waals surface area contributed by atoms with E-state index in [-0.39, 0.29) is 36.5 Å². The molecular formula is C47H96N8O15. The lowest BCUT2D eigenvalue weighted by atomic mass is 10.1. The van der Waals surface area contributed by atoms with E-state index in [1.165, 1.54) is 0 Å². The number of ether oxygens (including phenoxy) is 11. The number of carbonyl (C=O) groups is 4. The van der Waals surface area contributed by atoms with E-state index in [1.807, 2.05) is 0 Å². The quantitative estimate of drug-likeness (QED) is 0.0349. The van der Waals surface area contributed by atoms with Crippen molar-refractivity contribution in [2.75, 3.05) is 185 Å². The van der Waals surface area contributed by atoms with Crippen LogP contribution in [0.2, 0.25) is 0 Å². The van der Waals surface area contributed by atoms with Crippen LogP contribution in [0.1, 0.15) is 83.5 Å². The molecule has 0 aromatic carbocycles. The number of amides is 4. The molecule has 0 spiro atoms. The highest BCUT2D eigenvalue weighted by molar-refractivity contribution is 5.81. The van der Waals surface area contributed by atoms with Crippen molar-refractivity contribution in [2.24, 2.45) is 22.9 Å². The zero-order valence-electron chi connectivity index (χ0n) is 42.6. The van der Waals surface area contributed by atoms with Gasteiger partial charge in [-0.2, -0.15) is 0 Å². The zero-order chi connectivity index (χ0) is 51.1. The summed E-state index contributed by atoms with van der Waals surface area (Å²) in [6.07, 6.45) is 9.22. The second kappa shape index (κ2) is 55.6. The van der Waals surface area contributed by atoms with Crippen LogP contribution in [-0.2, 0) is 71.3 Å². The third kappa shape index (κ3) is 51.6. The zero-order valence-corrected chi connectivity index (χ0v) is 42.6. The second-order valence-electron chi connectivity index (χ2n) is 16.1. The fourth-order valence-electron chi connectivity index (χ4n) is 5.87. The minimum absolute atomic E-state index is 0.0763. The first kappa shape index (κ1) is 67.3. The molecule has 23 heteroatoms. The van der Waals surface area contributed by atoms with Gasteiger partial charge >= 0.3 is 0 Å². The molecule has 0 aromatic rings. The van der Waals surface area contributed by atoms with Crippen molar-refractivity contribution in [1.29, 1.82) is 0 Å². The number of nitrogens with one attached hydrogen (secondary N) is 4. The topological polar surface area (TPSA) is 322 Å². The minimum Gasteiger partial charge on any atom is -0.379 e. The number of nitrogens with two attached hydrogens (primary N) is 4. The van der Waals surface area contributed by atoms with E-state index >= 15 is 0 Å². The van der Waals surface area contributed by atoms with E-state index in [4.69, 9.17) is 75.0 Å². The summed E-state index contributed by atoms with van der Waals surface area (Å²) in [7, 11) is 0. The monoisotopic (exact) mass is 1010 g/mol.